The lowest BCUT2D eigenvalue weighted by Gasteiger charge is -2.36. The molecule has 1 aromatic rings. The van der Waals surface area contributed by atoms with Gasteiger partial charge >= 0.3 is 0 Å². The Morgan fingerprint density at radius 3 is 1.97 bits per heavy atom. The van der Waals surface area contributed by atoms with Crippen LogP contribution in [0.3, 0.4) is 0 Å². The summed E-state index contributed by atoms with van der Waals surface area (Å²) in [7, 11) is 0. The van der Waals surface area contributed by atoms with Crippen LogP contribution >= 0.6 is 0 Å². The minimum atomic E-state index is -2.31. The highest BCUT2D eigenvalue weighted by atomic mass is 16.3. The molecule has 446 valence electrons. The maximum Gasteiger partial charge on any atom is 0.248 e. The molecule has 16 atom stereocenters. The van der Waals surface area contributed by atoms with Gasteiger partial charge in [0.1, 0.15) is 60.1 Å². The van der Waals surface area contributed by atoms with Gasteiger partial charge in [-0.15, -0.1) is 4.91 Å². The summed E-state index contributed by atoms with van der Waals surface area (Å²) in [6.45, 7) is 5.96. The number of fused-ring (bicyclic) bond motifs is 2. The fraction of sp³-hybridized carbons (Fsp3) is 0.755. The van der Waals surface area contributed by atoms with Crippen molar-refractivity contribution in [1.82, 2.24) is 36.1 Å². The molecule has 0 aliphatic carbocycles. The van der Waals surface area contributed by atoms with Gasteiger partial charge < -0.3 is 83.4 Å². The minimum Gasteiger partial charge on any atom is -0.508 e. The highest BCUT2D eigenvalue weighted by molar-refractivity contribution is 5.98. The molecular weight excluding hydrogens is 1030 g/mol. The Labute approximate surface area is 461 Å². The maximum absolute atomic E-state index is 14.6. The lowest BCUT2D eigenvalue weighted by molar-refractivity contribution is -0.148. The molecule has 6 amide bonds. The third-order valence-corrected chi connectivity index (χ3v) is 15.4. The van der Waals surface area contributed by atoms with Crippen LogP contribution in [0.25, 0.3) is 0 Å². The van der Waals surface area contributed by atoms with Gasteiger partial charge in [-0.2, -0.15) is 0 Å². The number of aliphatic hydroxyl groups excluding tert-OH is 7. The number of carbonyl (C=O) groups is 7. The average Bonchev–Trinajstić information content (AvgIpc) is 4.01. The van der Waals surface area contributed by atoms with E-state index in [9.17, 15) is 79.3 Å². The number of nitrogens with two attached hydrogens (primary N) is 2. The van der Waals surface area contributed by atoms with Crippen LogP contribution in [0.4, 0.5) is 0 Å². The number of nitroso groups, excluding NO2 is 1. The van der Waals surface area contributed by atoms with Crippen LogP contribution in [0.1, 0.15) is 136 Å². The van der Waals surface area contributed by atoms with Crippen molar-refractivity contribution in [2.24, 2.45) is 34.5 Å². The van der Waals surface area contributed by atoms with E-state index in [-0.39, 0.29) is 50.2 Å². The molecular formula is C53H88N10O16. The van der Waals surface area contributed by atoms with Crippen LogP contribution in [0.15, 0.2) is 29.6 Å². The summed E-state index contributed by atoms with van der Waals surface area (Å²) in [6, 6.07) is -5.07. The van der Waals surface area contributed by atoms with Gasteiger partial charge in [0, 0.05) is 44.8 Å². The lowest BCUT2D eigenvalue weighted by atomic mass is 9.90. The molecule has 26 heteroatoms. The van der Waals surface area contributed by atoms with Gasteiger partial charge in [0.15, 0.2) is 0 Å². The predicted molar refractivity (Wildman–Crippen MR) is 286 cm³/mol. The Bertz CT molecular complexity index is 2160. The van der Waals surface area contributed by atoms with Crippen LogP contribution in [0, 0.1) is 22.7 Å². The van der Waals surface area contributed by atoms with Gasteiger partial charge in [0.25, 0.3) is 0 Å². The molecule has 3 saturated heterocycles. The molecule has 3 heterocycles. The third kappa shape index (κ3) is 18.8. The molecule has 0 saturated carbocycles. The van der Waals surface area contributed by atoms with E-state index < -0.39 is 159 Å². The van der Waals surface area contributed by atoms with Gasteiger partial charge in [0.2, 0.25) is 35.4 Å². The van der Waals surface area contributed by atoms with Crippen LogP contribution in [0.2, 0.25) is 0 Å². The summed E-state index contributed by atoms with van der Waals surface area (Å²) < 4.78 is 0. The van der Waals surface area contributed by atoms with Crippen molar-refractivity contribution in [3.05, 3.63) is 34.7 Å². The third-order valence-electron chi connectivity index (χ3n) is 15.4. The number of ketones is 1. The average molecular weight is 1120 g/mol. The fourth-order valence-electron chi connectivity index (χ4n) is 10.7. The number of carbonyl (C=O) groups excluding carboxylic acids is 7. The van der Waals surface area contributed by atoms with Gasteiger partial charge in [-0.25, -0.2) is 5.01 Å². The zero-order chi connectivity index (χ0) is 58.7. The molecule has 0 spiro atoms. The van der Waals surface area contributed by atoms with E-state index in [0.29, 0.717) is 29.7 Å². The molecule has 3 fully saturated rings. The summed E-state index contributed by atoms with van der Waals surface area (Å²) in [5.74, 6) is -8.12. The fourth-order valence-corrected chi connectivity index (χ4v) is 10.7. The Kier molecular flexibility index (Phi) is 26.9. The number of Topliss-reactive ketones (excluding diaryl/α,β-unsaturated/α-hetero) is 1. The lowest BCUT2D eigenvalue weighted by Crippen LogP contribution is -2.65. The van der Waals surface area contributed by atoms with E-state index in [2.05, 4.69) is 47.3 Å². The van der Waals surface area contributed by atoms with Crippen LogP contribution in [0.5, 0.6) is 5.75 Å². The van der Waals surface area contributed by atoms with E-state index in [0.717, 1.165) is 67.4 Å². The van der Waals surface area contributed by atoms with E-state index >= 15 is 0 Å². The quantitative estimate of drug-likeness (QED) is 0.0291. The summed E-state index contributed by atoms with van der Waals surface area (Å²) in [4.78, 5) is 115. The van der Waals surface area contributed by atoms with Crippen molar-refractivity contribution >= 4 is 41.2 Å². The summed E-state index contributed by atoms with van der Waals surface area (Å²) in [6.07, 6.45) is -8.57. The Balaban J connectivity index is 1.77. The first-order valence-corrected chi connectivity index (χ1v) is 27.9. The normalized spacial score (nSPS) is 28.2. The SMILES string of the molecule is CCC(C)CC(C)CCCCCCCCC(=O)CC1C[C@@H](O)[C@H](N(CCN)N=O)NC(=O)[C@@H]2[C@@H](O)CCN2C(=O)[C@H]([C@H](O)CCN)NC(=O)[C@H]([C@H](O)[C@@H](O)c2ccc(O)cc2)NC(=O)[C@@H]2C[C@@H](O)CN2C(=O)[C@H]([C@@H](C)O)NC1=O. The molecule has 1 aromatic carbocycles. The number of aliphatic hydroxyl groups is 7. The summed E-state index contributed by atoms with van der Waals surface area (Å²) in [5.41, 5.74) is 11.5. The first kappa shape index (κ1) is 66.1. The number of rotatable bonds is 25. The van der Waals surface area contributed by atoms with Crippen LogP contribution in [-0.4, -0.2) is 203 Å². The smallest absolute Gasteiger partial charge is 0.248 e. The molecule has 0 radical (unpaired) electrons. The van der Waals surface area contributed by atoms with Gasteiger partial charge in [-0.05, 0) is 75.1 Å². The molecule has 3 unspecified atom stereocenters. The number of aromatic hydroxyl groups is 1. The molecule has 0 aromatic heterocycles. The number of unbranched alkanes of at least 4 members (excludes halogenated alkanes) is 5. The van der Waals surface area contributed by atoms with Gasteiger partial charge in [-0.3, -0.25) is 33.6 Å². The first-order chi connectivity index (χ1) is 37.5. The monoisotopic (exact) mass is 1120 g/mol. The molecule has 79 heavy (non-hydrogen) atoms. The van der Waals surface area contributed by atoms with Crippen molar-refractivity contribution < 1.29 is 74.4 Å². The standard InChI is InChI=1S/C53H88N10O16/c1-5-29(2)24-30(3)12-10-8-6-7-9-11-13-35(66)25-33-26-40(70)47(63(60-79)23-21-55)59-51(76)44-39(69)19-22-61(44)53(78)42(38(68)18-20-54)57-50(75)43(46(72)45(71)32-14-16-34(65)17-15-32)58-49(74)37-27-36(67)28-62(37)52(77)41(31(4)64)56-48(33)73/h14-17,29-31,33,36-47,64-65,67-72H,5-13,18-28,54-55H2,1-4H3,(H,56,73)(H,57,75)(H,58,74)(H,59,76)/t29?,30?,31-,33?,36-,37+,38-,39+,40-,41+,42+,43+,44+,45+,46+,47+/m1/s1. The molecule has 4 rings (SSSR count). The van der Waals surface area contributed by atoms with E-state index in [1.807, 2.05) is 0 Å². The topological polar surface area (TPSA) is 421 Å². The predicted octanol–water partition coefficient (Wildman–Crippen LogP) is -1.83. The Morgan fingerprint density at radius 2 is 1.35 bits per heavy atom. The number of nitrogens with zero attached hydrogens (tertiary/aromatic N) is 4. The Morgan fingerprint density at radius 1 is 0.734 bits per heavy atom. The van der Waals surface area contributed by atoms with Gasteiger partial charge in [0.05, 0.1) is 42.4 Å². The van der Waals surface area contributed by atoms with Crippen molar-refractivity contribution in [3.63, 3.8) is 0 Å². The van der Waals surface area contributed by atoms with Crippen LogP contribution in [-0.2, 0) is 33.6 Å². The van der Waals surface area contributed by atoms with Gasteiger partial charge in [-0.1, -0.05) is 77.8 Å². The molecule has 16 N–H and O–H groups in total. The number of benzene rings is 1. The molecule has 26 nitrogen and oxygen atoms in total. The number of hydrogen-bond acceptors (Lipinski definition) is 19. The largest absolute Gasteiger partial charge is 0.508 e. The van der Waals surface area contributed by atoms with Crippen molar-refractivity contribution in [2.75, 3.05) is 32.7 Å². The van der Waals surface area contributed by atoms with Crippen molar-refractivity contribution in [3.8, 4) is 5.75 Å². The highest BCUT2D eigenvalue weighted by Gasteiger charge is 2.49. The number of hydrogen-bond donors (Lipinski definition) is 14. The summed E-state index contributed by atoms with van der Waals surface area (Å²) in [5, 5.41) is 103. The molecule has 3 aliphatic heterocycles. The second-order valence-electron chi connectivity index (χ2n) is 21.8. The second-order valence-corrected chi connectivity index (χ2v) is 21.8. The first-order valence-electron chi connectivity index (χ1n) is 27.9. The number of amides is 6. The zero-order valence-corrected chi connectivity index (χ0v) is 46.0. The van der Waals surface area contributed by atoms with E-state index in [1.165, 1.54) is 18.6 Å². The minimum absolute atomic E-state index is 0.0197. The molecule has 3 aliphatic rings. The Hall–Kier alpha value is -5.45. The molecule has 0 bridgehead atoms. The van der Waals surface area contributed by atoms with E-state index in [4.69, 9.17) is 11.5 Å². The maximum atomic E-state index is 14.6. The van der Waals surface area contributed by atoms with Crippen LogP contribution < -0.4 is 32.7 Å². The van der Waals surface area contributed by atoms with Crippen molar-refractivity contribution in [1.29, 1.82) is 0 Å². The number of nitrogens with one attached hydrogen (secondary N) is 4. The number of phenols is 1. The highest BCUT2D eigenvalue weighted by Crippen LogP contribution is 2.28. The number of phenolic OH excluding ortho intramolecular Hbond substituents is 1. The summed E-state index contributed by atoms with van der Waals surface area (Å²) >= 11 is 0. The zero-order valence-electron chi connectivity index (χ0n) is 46.0. The van der Waals surface area contributed by atoms with Crippen molar-refractivity contribution in [2.45, 2.75) is 203 Å². The second kappa shape index (κ2) is 32.1. The van der Waals surface area contributed by atoms with E-state index in [1.54, 1.807) is 0 Å².